The van der Waals surface area contributed by atoms with Crippen LogP contribution in [0.1, 0.15) is 62.5 Å². The van der Waals surface area contributed by atoms with Gasteiger partial charge < -0.3 is 43.6 Å². The molecule has 3 atom stereocenters. The van der Waals surface area contributed by atoms with Crippen molar-refractivity contribution in [1.29, 1.82) is 0 Å². The van der Waals surface area contributed by atoms with E-state index in [9.17, 15) is 23.2 Å². The summed E-state index contributed by atoms with van der Waals surface area (Å²) in [5.74, 6) is 0.832. The van der Waals surface area contributed by atoms with Crippen LogP contribution in [-0.4, -0.2) is 101 Å². The molecule has 2 saturated carbocycles. The van der Waals surface area contributed by atoms with Crippen LogP contribution < -0.4 is 33.7 Å². The molecule has 0 bridgehead atoms. The highest BCUT2D eigenvalue weighted by atomic mass is 19.1. The van der Waals surface area contributed by atoms with E-state index >= 15 is 0 Å². The summed E-state index contributed by atoms with van der Waals surface area (Å²) in [6, 6.07) is 10.7. The van der Waals surface area contributed by atoms with Crippen molar-refractivity contribution in [3.63, 3.8) is 0 Å². The number of hydrogen-bond acceptors (Lipinski definition) is 12. The number of carbonyl (C=O) groups excluding carboxylic acids is 3. The molecule has 2 aromatic heterocycles. The Balaban J connectivity index is 0.873. The van der Waals surface area contributed by atoms with E-state index < -0.39 is 29.7 Å². The standard InChI is InChI=1S/C48H49F2N7O9/c1-61-35-10-9-28(20-38(35)62-2)41-32-5-3-4-6-33(32)46(58)57(55-41)31-13-15-56(16-14-31)47(59)34(19-27-17-29(49)21-30(50)18-27)54-48(60)66-39-22-51-44-42(39)52-24-53-43(44)40-36(63-23-26-7-8-26)11-12-37-45(40)65-25-64-37/h9-12,17-18,20-22,24,26,31-34,51H,3-8,13-16,19,23,25H2,1-2H3,(H,54,60)/t32-,33+,34+/m0/s1. The van der Waals surface area contributed by atoms with Gasteiger partial charge in [-0.25, -0.2) is 28.6 Å². The number of rotatable bonds is 13. The number of nitrogens with one attached hydrogen (secondary N) is 2. The lowest BCUT2D eigenvalue weighted by Crippen LogP contribution is -2.56. The molecular weight excluding hydrogens is 857 g/mol. The lowest BCUT2D eigenvalue weighted by Gasteiger charge is -2.43. The molecule has 0 unspecified atom stereocenters. The van der Waals surface area contributed by atoms with Crippen molar-refractivity contribution in [3.8, 4) is 45.8 Å². The minimum Gasteiger partial charge on any atom is -0.493 e. The molecule has 1 saturated heterocycles. The van der Waals surface area contributed by atoms with Gasteiger partial charge in [0.1, 0.15) is 41.0 Å². The van der Waals surface area contributed by atoms with E-state index in [2.05, 4.69) is 20.3 Å². The Morgan fingerprint density at radius 2 is 1.64 bits per heavy atom. The fourth-order valence-corrected chi connectivity index (χ4v) is 9.65. The summed E-state index contributed by atoms with van der Waals surface area (Å²) >= 11 is 0. The summed E-state index contributed by atoms with van der Waals surface area (Å²) in [5, 5.41) is 9.31. The molecule has 10 rings (SSSR count). The molecule has 16 nitrogen and oxygen atoms in total. The second-order valence-corrected chi connectivity index (χ2v) is 17.4. The fraction of sp³-hybridized carbons (Fsp3) is 0.417. The Labute approximate surface area is 378 Å². The highest BCUT2D eigenvalue weighted by molar-refractivity contribution is 6.07. The molecule has 3 fully saturated rings. The number of nitrogens with zero attached hydrogens (tertiary/aromatic N) is 5. The summed E-state index contributed by atoms with van der Waals surface area (Å²) in [5.41, 5.74) is 3.53. The lowest BCUT2D eigenvalue weighted by molar-refractivity contribution is -0.143. The van der Waals surface area contributed by atoms with Crippen molar-refractivity contribution in [3.05, 3.63) is 83.8 Å². The third-order valence-electron chi connectivity index (χ3n) is 13.2. The van der Waals surface area contributed by atoms with Gasteiger partial charge in [0.15, 0.2) is 28.7 Å². The van der Waals surface area contributed by atoms with Gasteiger partial charge in [0, 0.05) is 49.2 Å². The molecule has 66 heavy (non-hydrogen) atoms. The number of likely N-dealkylation sites (tertiary alicyclic amines) is 1. The first kappa shape index (κ1) is 42.9. The predicted molar refractivity (Wildman–Crippen MR) is 235 cm³/mol. The topological polar surface area (TPSA) is 179 Å². The maximum atomic E-state index is 14.5. The zero-order chi connectivity index (χ0) is 45.5. The Morgan fingerprint density at radius 3 is 2.39 bits per heavy atom. The van der Waals surface area contributed by atoms with Crippen LogP contribution in [0, 0.1) is 29.4 Å². The fourth-order valence-electron chi connectivity index (χ4n) is 9.65. The van der Waals surface area contributed by atoms with Gasteiger partial charge >= 0.3 is 6.09 Å². The van der Waals surface area contributed by atoms with E-state index in [1.54, 1.807) is 36.3 Å². The molecule has 3 aliphatic heterocycles. The van der Waals surface area contributed by atoms with Crippen molar-refractivity contribution < 1.29 is 51.6 Å². The highest BCUT2D eigenvalue weighted by Crippen LogP contribution is 2.49. The minimum absolute atomic E-state index is 0.0174. The molecule has 18 heteroatoms. The molecule has 3 aromatic carbocycles. The van der Waals surface area contributed by atoms with E-state index in [-0.39, 0.29) is 66.9 Å². The van der Waals surface area contributed by atoms with Gasteiger partial charge in [-0.05, 0) is 92.5 Å². The van der Waals surface area contributed by atoms with Crippen LogP contribution in [-0.2, 0) is 16.0 Å². The average molecular weight is 906 g/mol. The predicted octanol–water partition coefficient (Wildman–Crippen LogP) is 7.18. The summed E-state index contributed by atoms with van der Waals surface area (Å²) < 4.78 is 63.5. The van der Waals surface area contributed by atoms with Crippen LogP contribution in [0.2, 0.25) is 0 Å². The normalized spacial score (nSPS) is 19.8. The second-order valence-electron chi connectivity index (χ2n) is 17.4. The number of hydrogen-bond donors (Lipinski definition) is 2. The van der Waals surface area contributed by atoms with E-state index in [0.717, 1.165) is 68.0 Å². The first-order chi connectivity index (χ1) is 32.1. The summed E-state index contributed by atoms with van der Waals surface area (Å²) in [4.78, 5) is 56.0. The Hall–Kier alpha value is -6.98. The third kappa shape index (κ3) is 8.51. The number of fused-ring (bicyclic) bond motifs is 3. The van der Waals surface area contributed by atoms with Gasteiger partial charge in [-0.2, -0.15) is 5.10 Å². The highest BCUT2D eigenvalue weighted by Gasteiger charge is 2.44. The van der Waals surface area contributed by atoms with Gasteiger partial charge in [0.25, 0.3) is 0 Å². The monoisotopic (exact) mass is 905 g/mol. The SMILES string of the molecule is COc1ccc(C2=NN(C3CCN(C(=O)[C@@H](Cc4cc(F)cc(F)c4)NC(=O)Oc4c[nH]c5c(-c6c(OCC7CC7)ccc7c6OCO7)ncnc45)CC3)C(=O)[C@@H]3CCCC[C@H]23)cc1OC. The largest absolute Gasteiger partial charge is 0.493 e. The molecule has 5 aliphatic rings. The summed E-state index contributed by atoms with van der Waals surface area (Å²) in [7, 11) is 3.16. The van der Waals surface area contributed by atoms with E-state index in [4.69, 9.17) is 33.5 Å². The maximum absolute atomic E-state index is 14.5. The van der Waals surface area contributed by atoms with Crippen LogP contribution in [0.5, 0.6) is 34.5 Å². The number of ether oxygens (including phenoxy) is 6. The smallest absolute Gasteiger partial charge is 0.413 e. The van der Waals surface area contributed by atoms with Crippen molar-refractivity contribution in [2.45, 2.75) is 69.9 Å². The number of aromatic nitrogens is 3. The molecule has 0 radical (unpaired) electrons. The van der Waals surface area contributed by atoms with Crippen molar-refractivity contribution in [2.24, 2.45) is 22.9 Å². The molecular formula is C48H49F2N7O9. The van der Waals surface area contributed by atoms with Crippen molar-refractivity contribution >= 4 is 34.7 Å². The van der Waals surface area contributed by atoms with Gasteiger partial charge in [-0.1, -0.05) is 12.8 Å². The molecule has 0 spiro atoms. The molecule has 5 heterocycles. The number of halogens is 2. The second kappa shape index (κ2) is 18.1. The summed E-state index contributed by atoms with van der Waals surface area (Å²) in [6.07, 6.45) is 8.14. The number of H-pyrrole nitrogens is 1. The van der Waals surface area contributed by atoms with Gasteiger partial charge in [0.2, 0.25) is 18.6 Å². The van der Waals surface area contributed by atoms with Crippen LogP contribution in [0.15, 0.2) is 66.2 Å². The molecule has 5 aromatic rings. The van der Waals surface area contributed by atoms with Gasteiger partial charge in [0.05, 0.1) is 43.7 Å². The van der Waals surface area contributed by atoms with Crippen LogP contribution in [0.3, 0.4) is 0 Å². The molecule has 344 valence electrons. The number of hydrazone groups is 1. The summed E-state index contributed by atoms with van der Waals surface area (Å²) in [6.45, 7) is 1.04. The number of benzene rings is 3. The zero-order valence-corrected chi connectivity index (χ0v) is 36.5. The van der Waals surface area contributed by atoms with Crippen LogP contribution >= 0.6 is 0 Å². The van der Waals surface area contributed by atoms with Crippen LogP contribution in [0.4, 0.5) is 13.6 Å². The molecule has 2 aliphatic carbocycles. The van der Waals surface area contributed by atoms with Crippen molar-refractivity contribution in [2.75, 3.05) is 40.7 Å². The quantitative estimate of drug-likeness (QED) is 0.122. The van der Waals surface area contributed by atoms with Crippen molar-refractivity contribution in [1.82, 2.24) is 30.2 Å². The number of piperidine rings is 1. The minimum atomic E-state index is -1.28. The van der Waals surface area contributed by atoms with E-state index in [0.29, 0.717) is 70.9 Å². The first-order valence-corrected chi connectivity index (χ1v) is 22.4. The third-order valence-corrected chi connectivity index (χ3v) is 13.2. The average Bonchev–Trinajstić information content (AvgIpc) is 3.89. The lowest BCUT2D eigenvalue weighted by atomic mass is 9.73. The van der Waals surface area contributed by atoms with Crippen LogP contribution in [0.25, 0.3) is 22.3 Å². The maximum Gasteiger partial charge on any atom is 0.413 e. The Morgan fingerprint density at radius 1 is 0.879 bits per heavy atom. The number of aromatic amines is 1. The van der Waals surface area contributed by atoms with Gasteiger partial charge in [-0.15, -0.1) is 0 Å². The Kier molecular flexibility index (Phi) is 11.8. The van der Waals surface area contributed by atoms with E-state index in [1.165, 1.54) is 12.5 Å². The number of amides is 3. The molecule has 3 amide bonds. The van der Waals surface area contributed by atoms with Gasteiger partial charge in [-0.3, -0.25) is 9.59 Å². The number of methoxy groups -OCH3 is 2. The Bertz CT molecular complexity index is 2700. The molecule has 2 N–H and O–H groups in total. The van der Waals surface area contributed by atoms with E-state index in [1.807, 2.05) is 18.2 Å². The zero-order valence-electron chi connectivity index (χ0n) is 36.5. The first-order valence-electron chi connectivity index (χ1n) is 22.4. The number of carbonyl (C=O) groups is 3.